The van der Waals surface area contributed by atoms with Gasteiger partial charge in [0.05, 0.1) is 0 Å². The monoisotopic (exact) mass is 276 g/mol. The van der Waals surface area contributed by atoms with E-state index in [1.165, 1.54) is 4.90 Å². The highest BCUT2D eigenvalue weighted by Crippen LogP contribution is 2.05. The lowest BCUT2D eigenvalue weighted by atomic mass is 10.1. The highest BCUT2D eigenvalue weighted by atomic mass is 35.5. The van der Waals surface area contributed by atoms with Crippen molar-refractivity contribution in [2.75, 3.05) is 30.7 Å². The van der Waals surface area contributed by atoms with Crippen LogP contribution in [0.2, 0.25) is 0 Å². The largest absolute Gasteiger partial charge is 0.374 e. The quantitative estimate of drug-likeness (QED) is 0.567. The van der Waals surface area contributed by atoms with Gasteiger partial charge in [-0.2, -0.15) is 4.68 Å². The first-order valence-electron chi connectivity index (χ1n) is 5.22. The van der Waals surface area contributed by atoms with Crippen LogP contribution in [0.5, 0.6) is 0 Å². The van der Waals surface area contributed by atoms with Gasteiger partial charge in [-0.05, 0) is 13.8 Å². The molecule has 0 bridgehead atoms. The van der Waals surface area contributed by atoms with Crippen molar-refractivity contribution in [1.82, 2.24) is 19.8 Å². The minimum Gasteiger partial charge on any atom is -0.346 e. The predicted molar refractivity (Wildman–Crippen MR) is 69.7 cm³/mol. The van der Waals surface area contributed by atoms with Gasteiger partial charge < -0.3 is 16.1 Å². The van der Waals surface area contributed by atoms with Gasteiger partial charge in [0.1, 0.15) is 0 Å². The molecule has 0 aliphatic heterocycles. The van der Waals surface area contributed by atoms with E-state index in [2.05, 4.69) is 10.4 Å². The topological polar surface area (TPSA) is 98.2 Å². The lowest BCUT2D eigenvalue weighted by molar-refractivity contribution is 0.230. The van der Waals surface area contributed by atoms with Crippen molar-refractivity contribution < 1.29 is 4.79 Å². The standard InChI is InChI=1S/C9H17ClN6O2/c1-9(2,5-10)12-7(17)16-8(18)15(11)6(13-16)14(3)4/h5,11H2,1-4H3,(H,12,17). The molecule has 1 rings (SSSR count). The predicted octanol–water partition coefficient (Wildman–Crippen LogP) is -0.600. The molecule has 0 spiro atoms. The van der Waals surface area contributed by atoms with Crippen LogP contribution in [0.4, 0.5) is 10.7 Å². The molecular weight excluding hydrogens is 260 g/mol. The van der Waals surface area contributed by atoms with E-state index in [0.29, 0.717) is 4.68 Å². The van der Waals surface area contributed by atoms with Crippen LogP contribution in [-0.2, 0) is 0 Å². The summed E-state index contributed by atoms with van der Waals surface area (Å²) in [5.74, 6) is 5.90. The van der Waals surface area contributed by atoms with Crippen LogP contribution in [0.1, 0.15) is 13.8 Å². The fraction of sp³-hybridized carbons (Fsp3) is 0.667. The zero-order valence-electron chi connectivity index (χ0n) is 10.8. The SMILES string of the molecule is CN(C)c1nn(C(=O)NC(C)(C)CCl)c(=O)n1N. The zero-order valence-corrected chi connectivity index (χ0v) is 11.5. The second-order valence-electron chi connectivity index (χ2n) is 4.71. The summed E-state index contributed by atoms with van der Waals surface area (Å²) in [6.07, 6.45) is 0. The summed E-state index contributed by atoms with van der Waals surface area (Å²) < 4.78 is 1.47. The van der Waals surface area contributed by atoms with Crippen LogP contribution in [0.25, 0.3) is 0 Å². The van der Waals surface area contributed by atoms with Crippen LogP contribution < -0.4 is 21.7 Å². The van der Waals surface area contributed by atoms with Gasteiger partial charge in [-0.15, -0.1) is 21.4 Å². The number of halogens is 1. The molecular formula is C9H17ClN6O2. The van der Waals surface area contributed by atoms with Gasteiger partial charge in [0.2, 0.25) is 5.95 Å². The minimum absolute atomic E-state index is 0.179. The molecule has 3 N–H and O–H groups in total. The summed E-state index contributed by atoms with van der Waals surface area (Å²) in [6.45, 7) is 3.46. The number of nitrogen functional groups attached to an aromatic ring is 1. The third-order valence-electron chi connectivity index (χ3n) is 2.16. The van der Waals surface area contributed by atoms with E-state index in [4.69, 9.17) is 17.4 Å². The highest BCUT2D eigenvalue weighted by Gasteiger charge is 2.24. The van der Waals surface area contributed by atoms with Gasteiger partial charge in [0.25, 0.3) is 0 Å². The number of hydrogen-bond acceptors (Lipinski definition) is 5. The van der Waals surface area contributed by atoms with E-state index in [1.54, 1.807) is 27.9 Å². The average Bonchev–Trinajstić information content (AvgIpc) is 2.56. The molecule has 0 aromatic carbocycles. The van der Waals surface area contributed by atoms with Crippen molar-refractivity contribution in [3.63, 3.8) is 0 Å². The Morgan fingerprint density at radius 3 is 2.50 bits per heavy atom. The Morgan fingerprint density at radius 1 is 1.56 bits per heavy atom. The van der Waals surface area contributed by atoms with Gasteiger partial charge in [-0.3, -0.25) is 0 Å². The van der Waals surface area contributed by atoms with Crippen LogP contribution >= 0.6 is 11.6 Å². The van der Waals surface area contributed by atoms with Crippen LogP contribution in [0.3, 0.4) is 0 Å². The summed E-state index contributed by atoms with van der Waals surface area (Å²) in [5.41, 5.74) is -1.36. The Morgan fingerprint density at radius 2 is 2.11 bits per heavy atom. The van der Waals surface area contributed by atoms with E-state index in [0.717, 1.165) is 4.68 Å². The molecule has 18 heavy (non-hydrogen) atoms. The molecule has 9 heteroatoms. The van der Waals surface area contributed by atoms with Crippen molar-refractivity contribution in [2.24, 2.45) is 0 Å². The molecule has 0 aliphatic rings. The Bertz CT molecular complexity index is 504. The summed E-state index contributed by atoms with van der Waals surface area (Å²) in [5, 5.41) is 6.42. The number of nitrogens with zero attached hydrogens (tertiary/aromatic N) is 4. The molecule has 1 heterocycles. The number of aromatic nitrogens is 3. The zero-order chi connectivity index (χ0) is 14.1. The lowest BCUT2D eigenvalue weighted by Crippen LogP contribution is -2.49. The van der Waals surface area contributed by atoms with Crippen molar-refractivity contribution in [1.29, 1.82) is 0 Å². The molecule has 102 valence electrons. The number of anilines is 1. The van der Waals surface area contributed by atoms with E-state index in [1.807, 2.05) is 0 Å². The molecule has 0 saturated heterocycles. The number of alkyl halides is 1. The second kappa shape index (κ2) is 4.89. The summed E-state index contributed by atoms with van der Waals surface area (Å²) in [6, 6.07) is -0.669. The molecule has 1 aromatic heterocycles. The summed E-state index contributed by atoms with van der Waals surface area (Å²) >= 11 is 5.69. The molecule has 0 atom stereocenters. The number of carbonyl (C=O) groups excluding carboxylic acids is 1. The Hall–Kier alpha value is -1.70. The molecule has 0 aliphatic carbocycles. The lowest BCUT2D eigenvalue weighted by Gasteiger charge is -2.22. The fourth-order valence-electron chi connectivity index (χ4n) is 1.18. The Kier molecular flexibility index (Phi) is 3.90. The van der Waals surface area contributed by atoms with Gasteiger partial charge in [0, 0.05) is 25.5 Å². The molecule has 0 saturated carbocycles. The smallest absolute Gasteiger partial charge is 0.346 e. The first-order valence-corrected chi connectivity index (χ1v) is 5.76. The first-order chi connectivity index (χ1) is 8.19. The summed E-state index contributed by atoms with van der Waals surface area (Å²) in [4.78, 5) is 25.1. The second-order valence-corrected chi connectivity index (χ2v) is 4.97. The number of amides is 1. The highest BCUT2D eigenvalue weighted by molar-refractivity contribution is 6.18. The third kappa shape index (κ3) is 2.76. The Balaban J connectivity index is 3.08. The molecule has 0 fully saturated rings. The summed E-state index contributed by atoms with van der Waals surface area (Å²) in [7, 11) is 3.33. The van der Waals surface area contributed by atoms with Crippen LogP contribution in [0, 0.1) is 0 Å². The van der Waals surface area contributed by atoms with Crippen LogP contribution in [0.15, 0.2) is 4.79 Å². The maximum absolute atomic E-state index is 11.9. The van der Waals surface area contributed by atoms with E-state index in [-0.39, 0.29) is 11.8 Å². The van der Waals surface area contributed by atoms with Gasteiger partial charge >= 0.3 is 11.7 Å². The number of nitrogens with two attached hydrogens (primary N) is 1. The van der Waals surface area contributed by atoms with E-state index >= 15 is 0 Å². The van der Waals surface area contributed by atoms with Crippen LogP contribution in [-0.4, -0.2) is 46.0 Å². The molecule has 1 aromatic rings. The minimum atomic E-state index is -0.721. The van der Waals surface area contributed by atoms with Gasteiger partial charge in [0.15, 0.2) is 0 Å². The number of rotatable bonds is 3. The third-order valence-corrected chi connectivity index (χ3v) is 2.83. The normalized spacial score (nSPS) is 11.4. The van der Waals surface area contributed by atoms with E-state index < -0.39 is 17.3 Å². The van der Waals surface area contributed by atoms with Gasteiger partial charge in [-0.25, -0.2) is 9.59 Å². The first kappa shape index (κ1) is 14.4. The van der Waals surface area contributed by atoms with Crippen molar-refractivity contribution in [2.45, 2.75) is 19.4 Å². The maximum atomic E-state index is 11.9. The van der Waals surface area contributed by atoms with Gasteiger partial charge in [-0.1, -0.05) is 0 Å². The van der Waals surface area contributed by atoms with Crippen molar-refractivity contribution in [3.8, 4) is 0 Å². The molecule has 0 radical (unpaired) electrons. The molecule has 8 nitrogen and oxygen atoms in total. The van der Waals surface area contributed by atoms with Crippen molar-refractivity contribution in [3.05, 3.63) is 10.5 Å². The number of hydrogen-bond donors (Lipinski definition) is 2. The molecule has 0 unspecified atom stereocenters. The van der Waals surface area contributed by atoms with E-state index in [9.17, 15) is 9.59 Å². The van der Waals surface area contributed by atoms with Crippen molar-refractivity contribution >= 4 is 23.6 Å². The average molecular weight is 277 g/mol. The molecule has 1 amide bonds. The Labute approximate surface area is 109 Å². The number of carbonyl (C=O) groups is 1. The number of nitrogens with one attached hydrogen (secondary N) is 1. The fourth-order valence-corrected chi connectivity index (χ4v) is 1.25. The maximum Gasteiger partial charge on any atom is 0.374 e.